The van der Waals surface area contributed by atoms with Gasteiger partial charge in [0.1, 0.15) is 5.82 Å². The average molecular weight is 312 g/mol. The van der Waals surface area contributed by atoms with E-state index in [-0.39, 0.29) is 10.8 Å². The summed E-state index contributed by atoms with van der Waals surface area (Å²) in [5, 5.41) is 3.30. The van der Waals surface area contributed by atoms with Crippen LogP contribution in [0.15, 0.2) is 47.4 Å². The average Bonchev–Trinajstić information content (AvgIpc) is 2.60. The van der Waals surface area contributed by atoms with Crippen molar-refractivity contribution >= 4 is 27.1 Å². The first-order valence-electron chi connectivity index (χ1n) is 6.00. The maximum absolute atomic E-state index is 13.3. The SMILES string of the molecule is O=S1(=O)CC(Nc2cc(F)cc(Cl)c2)c2ccccc21. The van der Waals surface area contributed by atoms with E-state index in [4.69, 9.17) is 11.6 Å². The van der Waals surface area contributed by atoms with Crippen LogP contribution >= 0.6 is 11.6 Å². The lowest BCUT2D eigenvalue weighted by Crippen LogP contribution is -2.13. The highest BCUT2D eigenvalue weighted by molar-refractivity contribution is 7.91. The highest BCUT2D eigenvalue weighted by atomic mass is 35.5. The predicted octanol–water partition coefficient (Wildman–Crippen LogP) is 3.42. The fourth-order valence-corrected chi connectivity index (χ4v) is 4.37. The predicted molar refractivity (Wildman–Crippen MR) is 76.3 cm³/mol. The van der Waals surface area contributed by atoms with E-state index >= 15 is 0 Å². The van der Waals surface area contributed by atoms with Gasteiger partial charge in [0.25, 0.3) is 0 Å². The first-order chi connectivity index (χ1) is 9.45. The van der Waals surface area contributed by atoms with Crippen molar-refractivity contribution in [3.63, 3.8) is 0 Å². The second kappa shape index (κ2) is 4.75. The molecule has 1 N–H and O–H groups in total. The zero-order valence-corrected chi connectivity index (χ0v) is 11.9. The molecule has 0 saturated carbocycles. The minimum atomic E-state index is -3.28. The standard InChI is InChI=1S/C14H11ClFNO2S/c15-9-5-10(16)7-11(6-9)17-13-8-20(18,19)14-4-2-1-3-12(13)14/h1-7,13,17H,8H2. The number of fused-ring (bicyclic) bond motifs is 1. The smallest absolute Gasteiger partial charge is 0.181 e. The molecular weight excluding hydrogens is 301 g/mol. The molecule has 1 aliphatic rings. The van der Waals surface area contributed by atoms with Crippen LogP contribution in [0.5, 0.6) is 0 Å². The Morgan fingerprint density at radius 3 is 2.70 bits per heavy atom. The van der Waals surface area contributed by atoms with E-state index in [1.165, 1.54) is 12.1 Å². The number of hydrogen-bond donors (Lipinski definition) is 1. The lowest BCUT2D eigenvalue weighted by atomic mass is 10.1. The fraction of sp³-hybridized carbons (Fsp3) is 0.143. The number of rotatable bonds is 2. The first-order valence-corrected chi connectivity index (χ1v) is 8.03. The molecule has 0 spiro atoms. The van der Waals surface area contributed by atoms with E-state index in [9.17, 15) is 12.8 Å². The number of sulfone groups is 1. The molecule has 1 atom stereocenters. The van der Waals surface area contributed by atoms with Crippen LogP contribution < -0.4 is 5.32 Å². The zero-order chi connectivity index (χ0) is 14.3. The van der Waals surface area contributed by atoms with Gasteiger partial charge >= 0.3 is 0 Å². The molecule has 6 heteroatoms. The minimum Gasteiger partial charge on any atom is -0.377 e. The van der Waals surface area contributed by atoms with Crippen LogP contribution in [0.1, 0.15) is 11.6 Å². The van der Waals surface area contributed by atoms with E-state index in [0.717, 1.165) is 0 Å². The molecule has 0 aromatic heterocycles. The Kier molecular flexibility index (Phi) is 3.18. The summed E-state index contributed by atoms with van der Waals surface area (Å²) in [7, 11) is -3.28. The van der Waals surface area contributed by atoms with Gasteiger partial charge in [-0.15, -0.1) is 0 Å². The summed E-state index contributed by atoms with van der Waals surface area (Å²) in [6.45, 7) is 0. The Labute approximate surface area is 121 Å². The Bertz CT molecular complexity index is 756. The van der Waals surface area contributed by atoms with Crippen molar-refractivity contribution in [2.24, 2.45) is 0 Å². The topological polar surface area (TPSA) is 46.2 Å². The Morgan fingerprint density at radius 1 is 1.20 bits per heavy atom. The van der Waals surface area contributed by atoms with Gasteiger partial charge in [-0.25, -0.2) is 12.8 Å². The van der Waals surface area contributed by atoms with E-state index in [0.29, 0.717) is 16.1 Å². The largest absolute Gasteiger partial charge is 0.377 e. The normalized spacial score (nSPS) is 19.6. The van der Waals surface area contributed by atoms with E-state index < -0.39 is 21.7 Å². The maximum atomic E-state index is 13.3. The molecule has 0 radical (unpaired) electrons. The summed E-state index contributed by atoms with van der Waals surface area (Å²) >= 11 is 5.79. The van der Waals surface area contributed by atoms with Gasteiger partial charge in [0.15, 0.2) is 9.84 Å². The van der Waals surface area contributed by atoms with Crippen LogP contribution in [0.2, 0.25) is 5.02 Å². The van der Waals surface area contributed by atoms with Gasteiger partial charge in [-0.05, 0) is 29.8 Å². The van der Waals surface area contributed by atoms with E-state index in [1.54, 1.807) is 30.3 Å². The second-order valence-corrected chi connectivity index (χ2v) is 7.11. The summed E-state index contributed by atoms with van der Waals surface area (Å²) in [6.07, 6.45) is 0. The van der Waals surface area contributed by atoms with Crippen molar-refractivity contribution in [2.75, 3.05) is 11.1 Å². The van der Waals surface area contributed by atoms with Crippen LogP contribution in [-0.4, -0.2) is 14.2 Å². The van der Waals surface area contributed by atoms with Crippen molar-refractivity contribution in [1.82, 2.24) is 0 Å². The third-order valence-electron chi connectivity index (χ3n) is 3.22. The molecule has 0 fully saturated rings. The fourth-order valence-electron chi connectivity index (χ4n) is 2.41. The van der Waals surface area contributed by atoms with Crippen molar-refractivity contribution in [3.05, 3.63) is 58.9 Å². The lowest BCUT2D eigenvalue weighted by Gasteiger charge is -2.14. The summed E-state index contributed by atoms with van der Waals surface area (Å²) in [5.74, 6) is -0.505. The monoisotopic (exact) mass is 311 g/mol. The van der Waals surface area contributed by atoms with Crippen molar-refractivity contribution < 1.29 is 12.8 Å². The van der Waals surface area contributed by atoms with E-state index in [2.05, 4.69) is 5.32 Å². The summed E-state index contributed by atoms with van der Waals surface area (Å²) in [4.78, 5) is 0.333. The molecule has 3 rings (SSSR count). The molecule has 104 valence electrons. The molecule has 2 aromatic rings. The van der Waals surface area contributed by atoms with Gasteiger partial charge < -0.3 is 5.32 Å². The van der Waals surface area contributed by atoms with Crippen LogP contribution in [0.4, 0.5) is 10.1 Å². The molecule has 0 saturated heterocycles. The number of halogens is 2. The van der Waals surface area contributed by atoms with Crippen molar-refractivity contribution in [3.8, 4) is 0 Å². The molecular formula is C14H11ClFNO2S. The third-order valence-corrected chi connectivity index (χ3v) is 5.25. The van der Waals surface area contributed by atoms with Crippen LogP contribution in [0.3, 0.4) is 0 Å². The van der Waals surface area contributed by atoms with Crippen LogP contribution in [-0.2, 0) is 9.84 Å². The van der Waals surface area contributed by atoms with E-state index in [1.807, 2.05) is 0 Å². The summed E-state index contributed by atoms with van der Waals surface area (Å²) in [5.41, 5.74) is 1.17. The maximum Gasteiger partial charge on any atom is 0.181 e. The molecule has 1 unspecified atom stereocenters. The van der Waals surface area contributed by atoms with Gasteiger partial charge in [0.05, 0.1) is 16.7 Å². The van der Waals surface area contributed by atoms with Gasteiger partial charge in [-0.3, -0.25) is 0 Å². The molecule has 1 aliphatic heterocycles. The summed E-state index contributed by atoms with van der Waals surface area (Å²) < 4.78 is 37.4. The number of nitrogens with one attached hydrogen (secondary N) is 1. The number of benzene rings is 2. The number of anilines is 1. The molecule has 1 heterocycles. The molecule has 3 nitrogen and oxygen atoms in total. The van der Waals surface area contributed by atoms with Crippen LogP contribution in [0, 0.1) is 5.82 Å². The summed E-state index contributed by atoms with van der Waals surface area (Å²) in [6, 6.07) is 10.5. The van der Waals surface area contributed by atoms with Crippen molar-refractivity contribution in [1.29, 1.82) is 0 Å². The molecule has 0 amide bonds. The van der Waals surface area contributed by atoms with Gasteiger partial charge in [0, 0.05) is 10.7 Å². The Hall–Kier alpha value is -1.59. The van der Waals surface area contributed by atoms with Gasteiger partial charge in [0.2, 0.25) is 0 Å². The zero-order valence-electron chi connectivity index (χ0n) is 10.3. The lowest BCUT2D eigenvalue weighted by molar-refractivity contribution is 0.598. The molecule has 2 aromatic carbocycles. The molecule has 0 bridgehead atoms. The highest BCUT2D eigenvalue weighted by Gasteiger charge is 2.34. The quantitative estimate of drug-likeness (QED) is 0.924. The second-order valence-electron chi connectivity index (χ2n) is 4.67. The van der Waals surface area contributed by atoms with Crippen LogP contribution in [0.25, 0.3) is 0 Å². The third kappa shape index (κ3) is 2.39. The van der Waals surface area contributed by atoms with Gasteiger partial charge in [-0.1, -0.05) is 29.8 Å². The molecule has 0 aliphatic carbocycles. The first kappa shape index (κ1) is 13.4. The minimum absolute atomic E-state index is 0.0412. The van der Waals surface area contributed by atoms with Gasteiger partial charge in [-0.2, -0.15) is 0 Å². The Balaban J connectivity index is 1.97. The van der Waals surface area contributed by atoms with Crippen molar-refractivity contribution in [2.45, 2.75) is 10.9 Å². The molecule has 20 heavy (non-hydrogen) atoms. The Morgan fingerprint density at radius 2 is 1.95 bits per heavy atom. The highest BCUT2D eigenvalue weighted by Crippen LogP contribution is 2.35. The number of hydrogen-bond acceptors (Lipinski definition) is 3.